The SMILES string of the molecule is CC(NC1CCCC1(C)C)C1CCCN(C(=O)OC(C)(C)C)C1. The highest BCUT2D eigenvalue weighted by Gasteiger charge is 2.37. The van der Waals surface area contributed by atoms with E-state index < -0.39 is 5.60 Å². The standard InChI is InChI=1S/C19H36N2O2/c1-14(20-16-10-7-11-19(16,5)6)15-9-8-12-21(13-15)17(22)23-18(2,3)4/h14-16,20H,7-13H2,1-6H3. The van der Waals surface area contributed by atoms with E-state index in [1.54, 1.807) is 0 Å². The molecule has 0 aromatic heterocycles. The predicted octanol–water partition coefficient (Wildman–Crippen LogP) is 4.19. The number of amides is 1. The Hall–Kier alpha value is -0.770. The topological polar surface area (TPSA) is 41.6 Å². The first-order valence-electron chi connectivity index (χ1n) is 9.32. The Bertz CT molecular complexity index is 414. The Morgan fingerprint density at radius 3 is 2.52 bits per heavy atom. The van der Waals surface area contributed by atoms with Gasteiger partial charge in [-0.3, -0.25) is 0 Å². The summed E-state index contributed by atoms with van der Waals surface area (Å²) in [5.74, 6) is 0.521. The second-order valence-corrected chi connectivity index (χ2v) is 9.22. The Morgan fingerprint density at radius 2 is 1.96 bits per heavy atom. The second kappa shape index (κ2) is 7.00. The number of nitrogens with zero attached hydrogens (tertiary/aromatic N) is 1. The number of nitrogens with one attached hydrogen (secondary N) is 1. The Balaban J connectivity index is 1.89. The number of ether oxygens (including phenoxy) is 1. The van der Waals surface area contributed by atoms with E-state index in [-0.39, 0.29) is 6.09 Å². The minimum absolute atomic E-state index is 0.157. The minimum atomic E-state index is -0.415. The molecule has 1 amide bonds. The molecule has 3 atom stereocenters. The van der Waals surface area contributed by atoms with Crippen molar-refractivity contribution in [2.24, 2.45) is 11.3 Å². The average Bonchev–Trinajstić information content (AvgIpc) is 2.76. The van der Waals surface area contributed by atoms with Gasteiger partial charge in [0, 0.05) is 25.2 Å². The molecular weight excluding hydrogens is 288 g/mol. The number of carbonyl (C=O) groups excluding carboxylic acids is 1. The van der Waals surface area contributed by atoms with E-state index in [2.05, 4.69) is 26.1 Å². The molecule has 1 heterocycles. The maximum atomic E-state index is 12.3. The van der Waals surface area contributed by atoms with Gasteiger partial charge in [-0.1, -0.05) is 20.3 Å². The molecular formula is C19H36N2O2. The number of piperidine rings is 1. The first-order chi connectivity index (χ1) is 10.6. The van der Waals surface area contributed by atoms with E-state index in [4.69, 9.17) is 4.74 Å². The number of hydrogen-bond acceptors (Lipinski definition) is 3. The maximum Gasteiger partial charge on any atom is 0.410 e. The van der Waals surface area contributed by atoms with Gasteiger partial charge in [-0.05, 0) is 64.7 Å². The fourth-order valence-corrected chi connectivity index (χ4v) is 4.00. The molecule has 0 aromatic carbocycles. The van der Waals surface area contributed by atoms with Gasteiger partial charge < -0.3 is 15.0 Å². The zero-order chi connectivity index (χ0) is 17.3. The van der Waals surface area contributed by atoms with Crippen LogP contribution in [-0.2, 0) is 4.74 Å². The third-order valence-corrected chi connectivity index (χ3v) is 5.54. The average molecular weight is 325 g/mol. The Kier molecular flexibility index (Phi) is 5.65. The van der Waals surface area contributed by atoms with E-state index >= 15 is 0 Å². The van der Waals surface area contributed by atoms with Gasteiger partial charge in [-0.2, -0.15) is 0 Å². The van der Waals surface area contributed by atoms with Gasteiger partial charge in [0.2, 0.25) is 0 Å². The van der Waals surface area contributed by atoms with E-state index in [1.165, 1.54) is 25.7 Å². The molecule has 0 bridgehead atoms. The van der Waals surface area contributed by atoms with Crippen molar-refractivity contribution in [3.63, 3.8) is 0 Å². The molecule has 4 heteroatoms. The number of hydrogen-bond donors (Lipinski definition) is 1. The van der Waals surface area contributed by atoms with Gasteiger partial charge in [0.25, 0.3) is 0 Å². The van der Waals surface area contributed by atoms with Crippen molar-refractivity contribution in [2.75, 3.05) is 13.1 Å². The Labute approximate surface area is 142 Å². The molecule has 1 saturated heterocycles. The van der Waals surface area contributed by atoms with Gasteiger partial charge in [-0.25, -0.2) is 4.79 Å². The van der Waals surface area contributed by atoms with Crippen LogP contribution in [0, 0.1) is 11.3 Å². The molecule has 23 heavy (non-hydrogen) atoms. The van der Waals surface area contributed by atoms with E-state index in [0.29, 0.717) is 23.4 Å². The lowest BCUT2D eigenvalue weighted by Gasteiger charge is -2.39. The van der Waals surface area contributed by atoms with Crippen LogP contribution in [0.1, 0.15) is 73.6 Å². The molecule has 0 radical (unpaired) electrons. The van der Waals surface area contributed by atoms with Crippen LogP contribution in [0.3, 0.4) is 0 Å². The van der Waals surface area contributed by atoms with Gasteiger partial charge >= 0.3 is 6.09 Å². The van der Waals surface area contributed by atoms with Crippen LogP contribution in [0.2, 0.25) is 0 Å². The highest BCUT2D eigenvalue weighted by atomic mass is 16.6. The van der Waals surface area contributed by atoms with Gasteiger partial charge in [0.05, 0.1) is 0 Å². The van der Waals surface area contributed by atoms with Crippen molar-refractivity contribution in [1.82, 2.24) is 10.2 Å². The summed E-state index contributed by atoms with van der Waals surface area (Å²) in [7, 11) is 0. The third-order valence-electron chi connectivity index (χ3n) is 5.54. The van der Waals surface area contributed by atoms with Crippen LogP contribution in [0.5, 0.6) is 0 Å². The molecule has 4 nitrogen and oxygen atoms in total. The summed E-state index contributed by atoms with van der Waals surface area (Å²) in [6, 6.07) is 1.05. The highest BCUT2D eigenvalue weighted by Crippen LogP contribution is 2.38. The van der Waals surface area contributed by atoms with Crippen LogP contribution >= 0.6 is 0 Å². The molecule has 0 spiro atoms. The molecule has 1 N–H and O–H groups in total. The summed E-state index contributed by atoms with van der Waals surface area (Å²) in [5.41, 5.74) is -0.0183. The quantitative estimate of drug-likeness (QED) is 0.846. The van der Waals surface area contributed by atoms with Crippen LogP contribution < -0.4 is 5.32 Å². The Morgan fingerprint density at radius 1 is 1.26 bits per heavy atom. The van der Waals surface area contributed by atoms with E-state index in [0.717, 1.165) is 19.5 Å². The summed E-state index contributed by atoms with van der Waals surface area (Å²) < 4.78 is 5.54. The summed E-state index contributed by atoms with van der Waals surface area (Å²) >= 11 is 0. The van der Waals surface area contributed by atoms with E-state index in [9.17, 15) is 4.79 Å². The molecule has 0 aromatic rings. The minimum Gasteiger partial charge on any atom is -0.444 e. The van der Waals surface area contributed by atoms with Crippen LogP contribution in [0.15, 0.2) is 0 Å². The van der Waals surface area contributed by atoms with Crippen molar-refractivity contribution < 1.29 is 9.53 Å². The first kappa shape index (κ1) is 18.6. The fraction of sp³-hybridized carbons (Fsp3) is 0.947. The van der Waals surface area contributed by atoms with Crippen LogP contribution in [-0.4, -0.2) is 41.8 Å². The van der Waals surface area contributed by atoms with Crippen molar-refractivity contribution in [2.45, 2.75) is 91.3 Å². The molecule has 1 aliphatic carbocycles. The molecule has 134 valence electrons. The monoisotopic (exact) mass is 324 g/mol. The lowest BCUT2D eigenvalue weighted by atomic mass is 9.85. The van der Waals surface area contributed by atoms with Gasteiger partial charge in [-0.15, -0.1) is 0 Å². The molecule has 2 aliphatic rings. The number of likely N-dealkylation sites (tertiary alicyclic amines) is 1. The number of carbonyl (C=O) groups is 1. The molecule has 1 saturated carbocycles. The third kappa shape index (κ3) is 5.10. The summed E-state index contributed by atoms with van der Waals surface area (Å²) in [6.45, 7) is 14.5. The second-order valence-electron chi connectivity index (χ2n) is 9.22. The van der Waals surface area contributed by atoms with Crippen LogP contribution in [0.4, 0.5) is 4.79 Å². The first-order valence-corrected chi connectivity index (χ1v) is 9.32. The molecule has 1 aliphatic heterocycles. The van der Waals surface area contributed by atoms with Gasteiger partial charge in [0.1, 0.15) is 5.60 Å². The lowest BCUT2D eigenvalue weighted by Crippen LogP contribution is -2.51. The summed E-state index contributed by atoms with van der Waals surface area (Å²) in [5, 5.41) is 3.87. The lowest BCUT2D eigenvalue weighted by molar-refractivity contribution is 0.0142. The van der Waals surface area contributed by atoms with E-state index in [1.807, 2.05) is 25.7 Å². The largest absolute Gasteiger partial charge is 0.444 e. The van der Waals surface area contributed by atoms with Gasteiger partial charge in [0.15, 0.2) is 0 Å². The molecule has 2 fully saturated rings. The summed E-state index contributed by atoms with van der Waals surface area (Å²) in [4.78, 5) is 14.2. The normalized spacial score (nSPS) is 29.4. The molecule has 2 rings (SSSR count). The fourth-order valence-electron chi connectivity index (χ4n) is 4.00. The van der Waals surface area contributed by atoms with Crippen molar-refractivity contribution in [1.29, 1.82) is 0 Å². The zero-order valence-electron chi connectivity index (χ0n) is 15.9. The van der Waals surface area contributed by atoms with Crippen molar-refractivity contribution >= 4 is 6.09 Å². The smallest absolute Gasteiger partial charge is 0.410 e. The van der Waals surface area contributed by atoms with Crippen LogP contribution in [0.25, 0.3) is 0 Å². The van der Waals surface area contributed by atoms with Crippen molar-refractivity contribution in [3.8, 4) is 0 Å². The predicted molar refractivity (Wildman–Crippen MR) is 94.5 cm³/mol. The molecule has 3 unspecified atom stereocenters. The summed E-state index contributed by atoms with van der Waals surface area (Å²) in [6.07, 6.45) is 6.03. The zero-order valence-corrected chi connectivity index (χ0v) is 15.9. The highest BCUT2D eigenvalue weighted by molar-refractivity contribution is 5.68. The van der Waals surface area contributed by atoms with Crippen molar-refractivity contribution in [3.05, 3.63) is 0 Å². The maximum absolute atomic E-state index is 12.3. The number of rotatable bonds is 3.